The first kappa shape index (κ1) is 30.1. The number of fused-ring (bicyclic) bond motifs is 2. The second kappa shape index (κ2) is 12.4. The Morgan fingerprint density at radius 2 is 1.16 bits per heavy atom. The maximum Gasteiger partial charge on any atom is 0.168 e. The molecule has 2 heterocycles. The molecular formula is C43H30F2N2O2. The van der Waals surface area contributed by atoms with Crippen LogP contribution in [0.1, 0.15) is 11.1 Å². The van der Waals surface area contributed by atoms with Crippen molar-refractivity contribution in [3.8, 4) is 56.6 Å². The zero-order valence-electron chi connectivity index (χ0n) is 26.8. The molecule has 8 rings (SSSR count). The van der Waals surface area contributed by atoms with Gasteiger partial charge in [-0.05, 0) is 103 Å². The van der Waals surface area contributed by atoms with E-state index in [4.69, 9.17) is 14.5 Å². The van der Waals surface area contributed by atoms with Crippen molar-refractivity contribution in [3.63, 3.8) is 0 Å². The van der Waals surface area contributed by atoms with Gasteiger partial charge in [-0.25, -0.2) is 13.8 Å². The molecule has 0 bridgehead atoms. The van der Waals surface area contributed by atoms with Crippen LogP contribution in [0.3, 0.4) is 0 Å². The van der Waals surface area contributed by atoms with E-state index in [-0.39, 0.29) is 11.3 Å². The summed E-state index contributed by atoms with van der Waals surface area (Å²) in [7, 11) is 0. The van der Waals surface area contributed by atoms with Gasteiger partial charge < -0.3 is 14.4 Å². The van der Waals surface area contributed by atoms with Crippen LogP contribution in [0.25, 0.3) is 33.6 Å². The maximum absolute atomic E-state index is 15.1. The summed E-state index contributed by atoms with van der Waals surface area (Å²) in [5.74, 6) is 0.524. The molecule has 6 heteroatoms. The summed E-state index contributed by atoms with van der Waals surface area (Å²) < 4.78 is 41.6. The Labute approximate surface area is 283 Å². The van der Waals surface area contributed by atoms with Gasteiger partial charge in [0.2, 0.25) is 0 Å². The van der Waals surface area contributed by atoms with Crippen LogP contribution >= 0.6 is 0 Å². The number of pyridine rings is 1. The van der Waals surface area contributed by atoms with E-state index in [1.165, 1.54) is 6.07 Å². The molecular weight excluding hydrogens is 614 g/mol. The molecule has 1 aliphatic rings. The van der Waals surface area contributed by atoms with Gasteiger partial charge in [0.25, 0.3) is 0 Å². The second-order valence-electron chi connectivity index (χ2n) is 12.0. The topological polar surface area (TPSA) is 34.6 Å². The largest absolute Gasteiger partial charge is 0.454 e. The Morgan fingerprint density at radius 1 is 0.571 bits per heavy atom. The average Bonchev–Trinajstić information content (AvgIpc) is 3.12. The van der Waals surface area contributed by atoms with Gasteiger partial charge in [0.15, 0.2) is 23.1 Å². The SMILES string of the molecule is Cc1cc(N2c3ccccc3Oc3ccccc32)cc(C)c1-c1ccc(-c2cccc(-c3cc(Oc4ccccc4)c(F)cc3F)n2)cc1. The second-order valence-corrected chi connectivity index (χ2v) is 12.0. The van der Waals surface area contributed by atoms with E-state index in [2.05, 4.69) is 55.1 Å². The van der Waals surface area contributed by atoms with E-state index in [0.717, 1.165) is 62.4 Å². The van der Waals surface area contributed by atoms with Crippen LogP contribution in [0.5, 0.6) is 23.0 Å². The average molecular weight is 645 g/mol. The van der Waals surface area contributed by atoms with Crippen molar-refractivity contribution in [1.82, 2.24) is 4.98 Å². The van der Waals surface area contributed by atoms with Gasteiger partial charge in [-0.1, -0.05) is 72.8 Å². The summed E-state index contributed by atoms with van der Waals surface area (Å²) in [5, 5.41) is 0. The Bertz CT molecular complexity index is 2270. The summed E-state index contributed by atoms with van der Waals surface area (Å²) in [6, 6.07) is 45.2. The molecule has 0 amide bonds. The number of rotatable bonds is 6. The van der Waals surface area contributed by atoms with Crippen molar-refractivity contribution < 1.29 is 18.3 Å². The van der Waals surface area contributed by atoms with Crippen molar-refractivity contribution in [2.45, 2.75) is 13.8 Å². The third kappa shape index (κ3) is 5.68. The minimum absolute atomic E-state index is 0.0713. The van der Waals surface area contributed by atoms with Crippen LogP contribution in [-0.4, -0.2) is 4.98 Å². The highest BCUT2D eigenvalue weighted by atomic mass is 19.1. The standard InChI is InChI=1S/C43H30F2N2O2/c1-27-23-31(47-38-15-6-8-17-40(38)49-41-18-9-7-16-39(41)47)24-28(2)43(27)30-21-19-29(20-22-30)36-13-10-14-37(46-36)33-25-42(35(45)26-34(33)44)48-32-11-4-3-5-12-32/h3-26H,1-2H3. The predicted octanol–water partition coefficient (Wildman–Crippen LogP) is 12.3. The summed E-state index contributed by atoms with van der Waals surface area (Å²) in [6.45, 7) is 4.27. The molecule has 0 saturated heterocycles. The minimum Gasteiger partial charge on any atom is -0.454 e. The Hall–Kier alpha value is -6.27. The Morgan fingerprint density at radius 3 is 1.84 bits per heavy atom. The van der Waals surface area contributed by atoms with E-state index in [1.54, 1.807) is 30.3 Å². The number of ether oxygens (including phenoxy) is 2. The number of halogens is 2. The normalized spacial score (nSPS) is 11.8. The van der Waals surface area contributed by atoms with Crippen LogP contribution in [0.2, 0.25) is 0 Å². The molecule has 0 spiro atoms. The quantitative estimate of drug-likeness (QED) is 0.180. The lowest BCUT2D eigenvalue weighted by atomic mass is 9.93. The lowest BCUT2D eigenvalue weighted by Crippen LogP contribution is -2.16. The van der Waals surface area contributed by atoms with Crippen LogP contribution in [-0.2, 0) is 0 Å². The number of aryl methyl sites for hydroxylation is 2. The van der Waals surface area contributed by atoms with Crippen molar-refractivity contribution in [2.24, 2.45) is 0 Å². The van der Waals surface area contributed by atoms with Gasteiger partial charge in [-0.15, -0.1) is 0 Å². The van der Waals surface area contributed by atoms with E-state index >= 15 is 4.39 Å². The van der Waals surface area contributed by atoms with Crippen molar-refractivity contribution in [2.75, 3.05) is 4.90 Å². The minimum atomic E-state index is -0.782. The van der Waals surface area contributed by atoms with E-state index in [1.807, 2.05) is 66.7 Å². The van der Waals surface area contributed by atoms with Crippen molar-refractivity contribution in [1.29, 1.82) is 0 Å². The fourth-order valence-corrected chi connectivity index (χ4v) is 6.48. The molecule has 4 nitrogen and oxygen atoms in total. The van der Waals surface area contributed by atoms with Crippen molar-refractivity contribution in [3.05, 3.63) is 168 Å². The molecule has 0 N–H and O–H groups in total. The Kier molecular flexibility index (Phi) is 7.61. The summed E-state index contributed by atoms with van der Waals surface area (Å²) in [4.78, 5) is 7.01. The molecule has 0 saturated carbocycles. The highest BCUT2D eigenvalue weighted by Crippen LogP contribution is 2.51. The third-order valence-corrected chi connectivity index (χ3v) is 8.69. The zero-order valence-corrected chi connectivity index (χ0v) is 26.8. The molecule has 7 aromatic rings. The fraction of sp³-hybridized carbons (Fsp3) is 0.0465. The van der Waals surface area contributed by atoms with Gasteiger partial charge in [0, 0.05) is 22.9 Å². The third-order valence-electron chi connectivity index (χ3n) is 8.69. The van der Waals surface area contributed by atoms with E-state index < -0.39 is 11.6 Å². The molecule has 0 aliphatic carbocycles. The summed E-state index contributed by atoms with van der Waals surface area (Å²) in [5.41, 5.74) is 9.66. The molecule has 0 unspecified atom stereocenters. The monoisotopic (exact) mass is 644 g/mol. The van der Waals surface area contributed by atoms with Crippen LogP contribution in [0.15, 0.2) is 146 Å². The van der Waals surface area contributed by atoms with E-state index in [9.17, 15) is 4.39 Å². The zero-order chi connectivity index (χ0) is 33.5. The maximum atomic E-state index is 15.1. The number of hydrogen-bond acceptors (Lipinski definition) is 4. The molecule has 238 valence electrons. The lowest BCUT2D eigenvalue weighted by Gasteiger charge is -2.33. The van der Waals surface area contributed by atoms with Crippen LogP contribution in [0, 0.1) is 25.5 Å². The summed E-state index contributed by atoms with van der Waals surface area (Å²) in [6.07, 6.45) is 0. The first-order valence-electron chi connectivity index (χ1n) is 16.0. The summed E-state index contributed by atoms with van der Waals surface area (Å²) >= 11 is 0. The smallest absolute Gasteiger partial charge is 0.168 e. The number of aromatic nitrogens is 1. The Balaban J connectivity index is 1.10. The number of anilines is 3. The van der Waals surface area contributed by atoms with Crippen LogP contribution in [0.4, 0.5) is 25.8 Å². The van der Waals surface area contributed by atoms with Crippen LogP contribution < -0.4 is 14.4 Å². The first-order valence-corrected chi connectivity index (χ1v) is 16.0. The van der Waals surface area contributed by atoms with Gasteiger partial charge in [-0.3, -0.25) is 0 Å². The number of para-hydroxylation sites is 5. The van der Waals surface area contributed by atoms with Gasteiger partial charge in [-0.2, -0.15) is 0 Å². The number of nitrogens with zero attached hydrogens (tertiary/aromatic N) is 2. The number of benzene rings is 6. The van der Waals surface area contributed by atoms with Gasteiger partial charge >= 0.3 is 0 Å². The fourth-order valence-electron chi connectivity index (χ4n) is 6.48. The highest BCUT2D eigenvalue weighted by molar-refractivity contribution is 5.88. The molecule has 0 atom stereocenters. The molecule has 1 aromatic heterocycles. The molecule has 6 aromatic carbocycles. The van der Waals surface area contributed by atoms with Gasteiger partial charge in [0.05, 0.1) is 22.8 Å². The molecule has 0 fully saturated rings. The molecule has 0 radical (unpaired) electrons. The molecule has 49 heavy (non-hydrogen) atoms. The van der Waals surface area contributed by atoms with E-state index in [0.29, 0.717) is 17.1 Å². The van der Waals surface area contributed by atoms with Gasteiger partial charge in [0.1, 0.15) is 11.6 Å². The number of hydrogen-bond donors (Lipinski definition) is 0. The first-order chi connectivity index (χ1) is 23.9. The predicted molar refractivity (Wildman–Crippen MR) is 191 cm³/mol. The lowest BCUT2D eigenvalue weighted by molar-refractivity contribution is 0.438. The van der Waals surface area contributed by atoms with Crippen molar-refractivity contribution >= 4 is 17.1 Å². The highest BCUT2D eigenvalue weighted by Gasteiger charge is 2.26. The molecule has 1 aliphatic heterocycles.